The Morgan fingerprint density at radius 3 is 2.41 bits per heavy atom. The number of benzene rings is 2. The topological polar surface area (TPSA) is 69.7 Å². The van der Waals surface area contributed by atoms with Crippen LogP contribution in [0.4, 0.5) is 0 Å². The van der Waals surface area contributed by atoms with Crippen LogP contribution < -0.4 is 15.8 Å². The van der Waals surface area contributed by atoms with Crippen molar-refractivity contribution < 1.29 is 13.6 Å². The van der Waals surface area contributed by atoms with Gasteiger partial charge in [0.15, 0.2) is 16.6 Å². The zero-order valence-corrected chi connectivity index (χ0v) is 18.6. The molecule has 5 nitrogen and oxygen atoms in total. The van der Waals surface area contributed by atoms with E-state index < -0.39 is 11.2 Å². The molecule has 5 rings (SSSR count). The van der Waals surface area contributed by atoms with Gasteiger partial charge in [-0.2, -0.15) is 0 Å². The molecule has 0 N–H and O–H groups in total. The average Bonchev–Trinajstić information content (AvgIpc) is 2.73. The molecule has 0 fully saturated rings. The smallest absolute Gasteiger partial charge is 0.336 e. The van der Waals surface area contributed by atoms with Crippen molar-refractivity contribution in [2.75, 3.05) is 0 Å². The summed E-state index contributed by atoms with van der Waals surface area (Å²) in [6.45, 7) is 7.96. The highest BCUT2D eigenvalue weighted by Gasteiger charge is 2.30. The molecule has 0 atom stereocenters. The van der Waals surface area contributed by atoms with E-state index >= 15 is 0 Å². The standard InChI is InChI=1S/C27H24O5/c1-5-6-17-13-21(29)31-26-22(17)25-18(11-12-27(3,4)32-25)24-23(26)19(28)14-20(30-24)16-9-7-15(2)8-10-16/h7-14H,5-6H2,1-4H3. The first-order valence-corrected chi connectivity index (χ1v) is 10.8. The third kappa shape index (κ3) is 3.25. The Kier molecular flexibility index (Phi) is 4.59. The first-order chi connectivity index (χ1) is 15.3. The van der Waals surface area contributed by atoms with Gasteiger partial charge in [0.05, 0.1) is 10.9 Å². The fraction of sp³-hybridized carbons (Fsp3) is 0.259. The Labute approximate surface area is 184 Å². The van der Waals surface area contributed by atoms with Gasteiger partial charge in [0.1, 0.15) is 22.5 Å². The number of aryl methyl sites for hydroxylation is 2. The number of hydrogen-bond acceptors (Lipinski definition) is 5. The third-order valence-electron chi connectivity index (χ3n) is 5.81. The summed E-state index contributed by atoms with van der Waals surface area (Å²) in [7, 11) is 0. The number of hydrogen-bond donors (Lipinski definition) is 0. The molecule has 3 heterocycles. The van der Waals surface area contributed by atoms with Crippen LogP contribution in [0.3, 0.4) is 0 Å². The van der Waals surface area contributed by atoms with Crippen LogP contribution in [0, 0.1) is 6.92 Å². The van der Waals surface area contributed by atoms with Crippen LogP contribution in [-0.4, -0.2) is 5.60 Å². The molecule has 2 aromatic heterocycles. The molecule has 162 valence electrons. The van der Waals surface area contributed by atoms with Crippen molar-refractivity contribution in [2.24, 2.45) is 0 Å². The second kappa shape index (κ2) is 7.23. The Balaban J connectivity index is 1.96. The van der Waals surface area contributed by atoms with Gasteiger partial charge in [-0.1, -0.05) is 43.2 Å². The molecular weight excluding hydrogens is 404 g/mol. The Hall–Kier alpha value is -3.60. The second-order valence-electron chi connectivity index (χ2n) is 8.87. The van der Waals surface area contributed by atoms with Crippen molar-refractivity contribution >= 4 is 28.0 Å². The van der Waals surface area contributed by atoms with Gasteiger partial charge in [-0.15, -0.1) is 0 Å². The van der Waals surface area contributed by atoms with Crippen molar-refractivity contribution in [2.45, 2.75) is 46.1 Å². The quantitative estimate of drug-likeness (QED) is 0.295. The van der Waals surface area contributed by atoms with Gasteiger partial charge in [-0.05, 0) is 44.9 Å². The van der Waals surface area contributed by atoms with Gasteiger partial charge >= 0.3 is 5.63 Å². The highest BCUT2D eigenvalue weighted by atomic mass is 16.5. The summed E-state index contributed by atoms with van der Waals surface area (Å²) in [5.74, 6) is 1.03. The van der Waals surface area contributed by atoms with E-state index in [4.69, 9.17) is 13.6 Å². The highest BCUT2D eigenvalue weighted by molar-refractivity contribution is 6.11. The van der Waals surface area contributed by atoms with E-state index in [0.717, 1.165) is 23.1 Å². The minimum absolute atomic E-state index is 0.227. The summed E-state index contributed by atoms with van der Waals surface area (Å²) in [6.07, 6.45) is 5.38. The first-order valence-electron chi connectivity index (χ1n) is 10.8. The van der Waals surface area contributed by atoms with Crippen molar-refractivity contribution in [3.63, 3.8) is 0 Å². The lowest BCUT2D eigenvalue weighted by molar-refractivity contribution is 0.161. The normalized spacial score (nSPS) is 14.5. The second-order valence-corrected chi connectivity index (χ2v) is 8.87. The van der Waals surface area contributed by atoms with Crippen LogP contribution in [0.1, 0.15) is 43.9 Å². The largest absolute Gasteiger partial charge is 0.482 e. The molecule has 0 radical (unpaired) electrons. The Bertz CT molecular complexity index is 1520. The average molecular weight is 428 g/mol. The van der Waals surface area contributed by atoms with Crippen molar-refractivity contribution in [3.05, 3.63) is 79.8 Å². The van der Waals surface area contributed by atoms with Crippen LogP contribution in [0.2, 0.25) is 0 Å². The minimum Gasteiger partial charge on any atom is -0.482 e. The molecule has 0 saturated heterocycles. The molecule has 0 unspecified atom stereocenters. The van der Waals surface area contributed by atoms with E-state index in [1.165, 1.54) is 12.1 Å². The maximum absolute atomic E-state index is 13.4. The molecule has 0 bridgehead atoms. The molecule has 0 saturated carbocycles. The molecule has 32 heavy (non-hydrogen) atoms. The summed E-state index contributed by atoms with van der Waals surface area (Å²) in [6, 6.07) is 10.7. The lowest BCUT2D eigenvalue weighted by Crippen LogP contribution is -2.28. The maximum Gasteiger partial charge on any atom is 0.336 e. The first kappa shape index (κ1) is 20.3. The van der Waals surface area contributed by atoms with Crippen molar-refractivity contribution in [1.82, 2.24) is 0 Å². The van der Waals surface area contributed by atoms with Gasteiger partial charge in [0, 0.05) is 17.7 Å². The van der Waals surface area contributed by atoms with Gasteiger partial charge in [0.25, 0.3) is 0 Å². The fourth-order valence-corrected chi connectivity index (χ4v) is 4.27. The monoisotopic (exact) mass is 428 g/mol. The number of fused-ring (bicyclic) bond motifs is 6. The van der Waals surface area contributed by atoms with Crippen LogP contribution in [0.5, 0.6) is 5.75 Å². The molecule has 1 aliphatic heterocycles. The Morgan fingerprint density at radius 2 is 1.69 bits per heavy atom. The summed E-state index contributed by atoms with van der Waals surface area (Å²) < 4.78 is 18.3. The number of ether oxygens (including phenoxy) is 1. The molecule has 4 aromatic rings. The summed E-state index contributed by atoms with van der Waals surface area (Å²) in [4.78, 5) is 25.8. The predicted molar refractivity (Wildman–Crippen MR) is 126 cm³/mol. The molecule has 0 spiro atoms. The maximum atomic E-state index is 13.4. The van der Waals surface area contributed by atoms with E-state index in [-0.39, 0.29) is 16.4 Å². The van der Waals surface area contributed by atoms with Crippen molar-refractivity contribution in [1.29, 1.82) is 0 Å². The molecule has 0 aliphatic carbocycles. The van der Waals surface area contributed by atoms with E-state index in [1.807, 2.05) is 64.1 Å². The lowest BCUT2D eigenvalue weighted by atomic mass is 9.94. The van der Waals surface area contributed by atoms with Crippen LogP contribution in [0.25, 0.3) is 39.3 Å². The zero-order valence-electron chi connectivity index (χ0n) is 18.6. The van der Waals surface area contributed by atoms with E-state index in [9.17, 15) is 9.59 Å². The van der Waals surface area contributed by atoms with E-state index in [1.54, 1.807) is 0 Å². The van der Waals surface area contributed by atoms with Gasteiger partial charge in [-0.3, -0.25) is 4.79 Å². The van der Waals surface area contributed by atoms with E-state index in [0.29, 0.717) is 34.5 Å². The lowest BCUT2D eigenvalue weighted by Gasteiger charge is -2.29. The van der Waals surface area contributed by atoms with E-state index in [2.05, 4.69) is 0 Å². The van der Waals surface area contributed by atoms with Crippen LogP contribution in [0.15, 0.2) is 60.9 Å². The predicted octanol–water partition coefficient (Wildman–Crippen LogP) is 6.01. The minimum atomic E-state index is -0.553. The van der Waals surface area contributed by atoms with Crippen LogP contribution >= 0.6 is 0 Å². The van der Waals surface area contributed by atoms with Crippen LogP contribution in [-0.2, 0) is 6.42 Å². The van der Waals surface area contributed by atoms with Crippen molar-refractivity contribution in [3.8, 4) is 17.1 Å². The SMILES string of the molecule is CCCc1cc(=O)oc2c1c1c(c3oc(-c4ccc(C)cc4)cc(=O)c32)C=CC(C)(C)O1. The summed E-state index contributed by atoms with van der Waals surface area (Å²) >= 11 is 0. The summed E-state index contributed by atoms with van der Waals surface area (Å²) in [5, 5.41) is 0.930. The Morgan fingerprint density at radius 1 is 0.938 bits per heavy atom. The molecular formula is C27H24O5. The fourth-order valence-electron chi connectivity index (χ4n) is 4.27. The third-order valence-corrected chi connectivity index (χ3v) is 5.81. The van der Waals surface area contributed by atoms with Gasteiger partial charge < -0.3 is 13.6 Å². The zero-order chi connectivity index (χ0) is 22.6. The summed E-state index contributed by atoms with van der Waals surface area (Å²) in [5.41, 5.74) is 2.69. The molecule has 1 aliphatic rings. The molecule has 2 aromatic carbocycles. The number of rotatable bonds is 3. The molecule has 0 amide bonds. The van der Waals surface area contributed by atoms with Gasteiger partial charge in [0.2, 0.25) is 0 Å². The van der Waals surface area contributed by atoms with Gasteiger partial charge in [-0.25, -0.2) is 4.79 Å². The highest BCUT2D eigenvalue weighted by Crippen LogP contribution is 2.44. The molecule has 5 heteroatoms.